The normalized spacial score (nSPS) is 10.7. The summed E-state index contributed by atoms with van der Waals surface area (Å²) >= 11 is 0. The quantitative estimate of drug-likeness (QED) is 0.806. The summed E-state index contributed by atoms with van der Waals surface area (Å²) in [6.45, 7) is 1.58. The van der Waals surface area contributed by atoms with Crippen LogP contribution in [-0.4, -0.2) is 44.3 Å². The minimum absolute atomic E-state index is 0.716. The van der Waals surface area contributed by atoms with Crippen molar-refractivity contribution in [1.29, 1.82) is 0 Å². The molecular formula is C14H20N4O. The third kappa shape index (κ3) is 3.32. The molecule has 1 aromatic carbocycles. The number of nitrogens with one attached hydrogen (secondary N) is 1. The number of ether oxygens (including phenoxy) is 1. The number of anilines is 2. The summed E-state index contributed by atoms with van der Waals surface area (Å²) in [7, 11) is 5.60. The number of nitrogens with zero attached hydrogens (tertiary/aromatic N) is 3. The molecule has 1 N–H and O–H groups in total. The number of fused-ring (bicyclic) bond motifs is 1. The molecule has 5 heteroatoms. The van der Waals surface area contributed by atoms with Gasteiger partial charge in [0.1, 0.15) is 5.82 Å². The first-order valence-corrected chi connectivity index (χ1v) is 6.39. The van der Waals surface area contributed by atoms with E-state index in [4.69, 9.17) is 4.74 Å². The van der Waals surface area contributed by atoms with E-state index in [0.717, 1.165) is 36.3 Å². The lowest BCUT2D eigenvalue weighted by Crippen LogP contribution is -2.15. The minimum atomic E-state index is 0.716. The average Bonchev–Trinajstić information content (AvgIpc) is 2.43. The van der Waals surface area contributed by atoms with Crippen molar-refractivity contribution >= 4 is 22.7 Å². The molecule has 1 heterocycles. The van der Waals surface area contributed by atoms with Crippen LogP contribution in [0, 0.1) is 0 Å². The van der Waals surface area contributed by atoms with E-state index in [9.17, 15) is 0 Å². The predicted molar refractivity (Wildman–Crippen MR) is 78.8 cm³/mol. The van der Waals surface area contributed by atoms with E-state index in [1.165, 1.54) is 0 Å². The molecule has 0 radical (unpaired) electrons. The van der Waals surface area contributed by atoms with Crippen LogP contribution in [0.5, 0.6) is 0 Å². The van der Waals surface area contributed by atoms with Gasteiger partial charge in [0.05, 0.1) is 5.52 Å². The lowest BCUT2D eigenvalue weighted by Gasteiger charge is -2.14. The molecule has 0 aliphatic heterocycles. The zero-order valence-corrected chi connectivity index (χ0v) is 11.7. The largest absolute Gasteiger partial charge is 0.385 e. The van der Waals surface area contributed by atoms with Gasteiger partial charge in [0, 0.05) is 39.7 Å². The van der Waals surface area contributed by atoms with Gasteiger partial charge >= 0.3 is 0 Å². The van der Waals surface area contributed by atoms with Crippen molar-refractivity contribution in [2.45, 2.75) is 6.42 Å². The van der Waals surface area contributed by atoms with Gasteiger partial charge in [-0.05, 0) is 18.6 Å². The van der Waals surface area contributed by atoms with Gasteiger partial charge in [-0.2, -0.15) is 4.98 Å². The highest BCUT2D eigenvalue weighted by Crippen LogP contribution is 2.22. The standard InChI is InChI=1S/C14H20N4O/c1-18(2)14-16-12-8-5-4-7-11(12)13(17-14)15-9-6-10-19-3/h4-5,7-8H,6,9-10H2,1-3H3,(H,15,16,17). The third-order valence-electron chi connectivity index (χ3n) is 2.81. The van der Waals surface area contributed by atoms with Gasteiger partial charge in [-0.15, -0.1) is 0 Å². The van der Waals surface area contributed by atoms with E-state index in [-0.39, 0.29) is 0 Å². The van der Waals surface area contributed by atoms with Crippen molar-refractivity contribution in [2.24, 2.45) is 0 Å². The fourth-order valence-corrected chi connectivity index (χ4v) is 1.82. The first-order valence-electron chi connectivity index (χ1n) is 6.39. The maximum atomic E-state index is 5.05. The van der Waals surface area contributed by atoms with Crippen LogP contribution in [0.15, 0.2) is 24.3 Å². The van der Waals surface area contributed by atoms with Crippen molar-refractivity contribution in [3.05, 3.63) is 24.3 Å². The molecule has 19 heavy (non-hydrogen) atoms. The van der Waals surface area contributed by atoms with Crippen LogP contribution in [0.25, 0.3) is 10.9 Å². The van der Waals surface area contributed by atoms with Gasteiger partial charge in [-0.1, -0.05) is 12.1 Å². The summed E-state index contributed by atoms with van der Waals surface area (Å²) in [6, 6.07) is 8.03. The summed E-state index contributed by atoms with van der Waals surface area (Å²) in [6.07, 6.45) is 0.951. The summed E-state index contributed by atoms with van der Waals surface area (Å²) < 4.78 is 5.05. The second kappa shape index (κ2) is 6.33. The van der Waals surface area contributed by atoms with Crippen LogP contribution in [-0.2, 0) is 4.74 Å². The molecule has 0 bridgehead atoms. The molecule has 0 amide bonds. The van der Waals surface area contributed by atoms with Crippen LogP contribution < -0.4 is 10.2 Å². The molecule has 0 spiro atoms. The first kappa shape index (κ1) is 13.5. The second-order valence-electron chi connectivity index (χ2n) is 4.56. The molecule has 0 aliphatic carbocycles. The Balaban J connectivity index is 2.28. The Morgan fingerprint density at radius 1 is 1.21 bits per heavy atom. The van der Waals surface area contributed by atoms with Crippen molar-refractivity contribution in [3.63, 3.8) is 0 Å². The van der Waals surface area contributed by atoms with E-state index in [2.05, 4.69) is 15.3 Å². The highest BCUT2D eigenvalue weighted by molar-refractivity contribution is 5.90. The molecule has 0 atom stereocenters. The Labute approximate surface area is 113 Å². The number of rotatable bonds is 6. The second-order valence-corrected chi connectivity index (χ2v) is 4.56. The summed E-state index contributed by atoms with van der Waals surface area (Å²) in [5.41, 5.74) is 0.954. The Hall–Kier alpha value is -1.88. The summed E-state index contributed by atoms with van der Waals surface area (Å²) in [4.78, 5) is 11.0. The molecule has 2 rings (SSSR count). The maximum absolute atomic E-state index is 5.05. The molecule has 0 fully saturated rings. The van der Waals surface area contributed by atoms with Crippen LogP contribution in [0.1, 0.15) is 6.42 Å². The zero-order valence-electron chi connectivity index (χ0n) is 11.7. The van der Waals surface area contributed by atoms with Gasteiger partial charge in [-0.3, -0.25) is 0 Å². The molecule has 0 unspecified atom stereocenters. The van der Waals surface area contributed by atoms with Crippen LogP contribution in [0.3, 0.4) is 0 Å². The molecule has 2 aromatic rings. The molecule has 0 saturated carbocycles. The van der Waals surface area contributed by atoms with Gasteiger partial charge < -0.3 is 15.0 Å². The Morgan fingerprint density at radius 3 is 2.74 bits per heavy atom. The van der Waals surface area contributed by atoms with Crippen molar-refractivity contribution < 1.29 is 4.74 Å². The molecule has 5 nitrogen and oxygen atoms in total. The van der Waals surface area contributed by atoms with Gasteiger partial charge in [0.15, 0.2) is 0 Å². The minimum Gasteiger partial charge on any atom is -0.385 e. The molecule has 0 aliphatic rings. The monoisotopic (exact) mass is 260 g/mol. The SMILES string of the molecule is COCCCNc1nc(N(C)C)nc2ccccc12. The fraction of sp³-hybridized carbons (Fsp3) is 0.429. The van der Waals surface area contributed by atoms with Gasteiger partial charge in [-0.25, -0.2) is 4.98 Å². The van der Waals surface area contributed by atoms with Gasteiger partial charge in [0.25, 0.3) is 0 Å². The number of hydrogen-bond donors (Lipinski definition) is 1. The van der Waals surface area contributed by atoms with Gasteiger partial charge in [0.2, 0.25) is 5.95 Å². The lowest BCUT2D eigenvalue weighted by atomic mass is 10.2. The maximum Gasteiger partial charge on any atom is 0.227 e. The topological polar surface area (TPSA) is 50.3 Å². The number of aromatic nitrogens is 2. The molecule has 0 saturated heterocycles. The first-order chi connectivity index (χ1) is 9.22. The number of methoxy groups -OCH3 is 1. The average molecular weight is 260 g/mol. The Bertz CT molecular complexity index is 542. The van der Waals surface area contributed by atoms with E-state index in [0.29, 0.717) is 5.95 Å². The summed E-state index contributed by atoms with van der Waals surface area (Å²) in [5, 5.41) is 4.41. The van der Waals surface area contributed by atoms with Crippen LogP contribution in [0.4, 0.5) is 11.8 Å². The zero-order chi connectivity index (χ0) is 13.7. The molecule has 1 aromatic heterocycles. The number of para-hydroxylation sites is 1. The van der Waals surface area contributed by atoms with E-state index >= 15 is 0 Å². The Morgan fingerprint density at radius 2 is 2.00 bits per heavy atom. The highest BCUT2D eigenvalue weighted by atomic mass is 16.5. The number of benzene rings is 1. The van der Waals surface area contributed by atoms with Crippen molar-refractivity contribution in [2.75, 3.05) is 44.6 Å². The van der Waals surface area contributed by atoms with E-state index in [1.54, 1.807) is 7.11 Å². The highest BCUT2D eigenvalue weighted by Gasteiger charge is 2.08. The molecule has 102 valence electrons. The number of hydrogen-bond acceptors (Lipinski definition) is 5. The van der Waals surface area contributed by atoms with E-state index < -0.39 is 0 Å². The van der Waals surface area contributed by atoms with Crippen LogP contribution >= 0.6 is 0 Å². The van der Waals surface area contributed by atoms with E-state index in [1.807, 2.05) is 43.3 Å². The van der Waals surface area contributed by atoms with Crippen molar-refractivity contribution in [1.82, 2.24) is 9.97 Å². The van der Waals surface area contributed by atoms with Crippen LogP contribution in [0.2, 0.25) is 0 Å². The Kier molecular flexibility index (Phi) is 4.52. The van der Waals surface area contributed by atoms with Crippen molar-refractivity contribution in [3.8, 4) is 0 Å². The summed E-state index contributed by atoms with van der Waals surface area (Å²) in [5.74, 6) is 1.60. The predicted octanol–water partition coefficient (Wildman–Crippen LogP) is 2.14. The lowest BCUT2D eigenvalue weighted by molar-refractivity contribution is 0.198. The third-order valence-corrected chi connectivity index (χ3v) is 2.81. The fourth-order valence-electron chi connectivity index (χ4n) is 1.82. The molecular weight excluding hydrogens is 240 g/mol. The smallest absolute Gasteiger partial charge is 0.227 e.